The van der Waals surface area contributed by atoms with Gasteiger partial charge in [-0.15, -0.1) is 0 Å². The van der Waals surface area contributed by atoms with E-state index in [-0.39, 0.29) is 5.32 Å². The topological polar surface area (TPSA) is 143 Å². The first-order valence-electron chi connectivity index (χ1n) is 23.1. The molecule has 0 fully saturated rings. The Kier molecular flexibility index (Phi) is 25.4. The number of nitrogens with one attached hydrogen (secondary N) is 1. The summed E-state index contributed by atoms with van der Waals surface area (Å²) in [6.07, 6.45) is -172. The van der Waals surface area contributed by atoms with Crippen LogP contribution in [0.25, 0.3) is 0 Å². The van der Waals surface area contributed by atoms with Crippen LogP contribution in [0, 0.1) is 0 Å². The van der Waals surface area contributed by atoms with Crippen molar-refractivity contribution in [3.05, 3.63) is 35.9 Å². The number of carbonyl (C=O) groups is 1. The van der Waals surface area contributed by atoms with Crippen LogP contribution in [0.15, 0.2) is 24.8 Å². The molecule has 0 saturated carbocycles. The van der Waals surface area contributed by atoms with Crippen LogP contribution < -0.4 is 10.8 Å². The highest BCUT2D eigenvalue weighted by Crippen LogP contribution is 2.67. The van der Waals surface area contributed by atoms with Crippen molar-refractivity contribution in [2.75, 3.05) is 5.32 Å². The van der Waals surface area contributed by atoms with Crippen LogP contribution in [-0.4, -0.2) is 181 Å². The van der Waals surface area contributed by atoms with Crippen LogP contribution in [0.3, 0.4) is 0 Å². The molecular formula is C37H8BF58NO11. The Morgan fingerprint density at radius 2 is 0.481 bits per heavy atom. The Bertz CT molecular complexity index is 3360. The highest BCUT2D eigenvalue weighted by atomic mass is 19.5. The minimum absolute atomic E-state index is 0.207. The third kappa shape index (κ3) is 16.7. The molecule has 71 heteroatoms. The van der Waals surface area contributed by atoms with Crippen molar-refractivity contribution in [1.29, 1.82) is 0 Å². The van der Waals surface area contributed by atoms with Gasteiger partial charge in [0.1, 0.15) is 0 Å². The van der Waals surface area contributed by atoms with E-state index in [0.29, 0.717) is 28.4 Å². The lowest BCUT2D eigenvalue weighted by molar-refractivity contribution is -0.594. The van der Waals surface area contributed by atoms with E-state index >= 15 is 61.5 Å². The molecule has 0 aliphatic rings. The standard InChI is InChI=1S/C37H8BF58NO11/c1-2-8(98)97-7-4-5(38(99)100)3-6(10(39,20(51,52)53)101-32(85,86)14(45,24(63,64)65)105-36(93,94)18(49,28(75,76)77)107-34(89,90)16(47,26(69,70)71)103-30(81,82)12(41,42)22(57,58)59)9(7)11(40,21(54,55)56)102-33(87,88)15(46,25(66,67)68)106-37(95,96)19(50,29(78,79)80)108-35(91,92)17(48,27(72,73)74)104-31(83,84)13(43,44)23(60,61)62/h2-4,99-100H,1H2,(H,97,98). The number of ether oxygens (including phenoxy) is 8. The van der Waals surface area contributed by atoms with Gasteiger partial charge in [0.15, 0.2) is 0 Å². The fourth-order valence-corrected chi connectivity index (χ4v) is 6.17. The lowest BCUT2D eigenvalue weighted by Gasteiger charge is -2.45. The maximum atomic E-state index is 17.0. The van der Waals surface area contributed by atoms with E-state index in [1.807, 2.05) is 0 Å². The summed E-state index contributed by atoms with van der Waals surface area (Å²) in [7, 11) is -4.71. The van der Waals surface area contributed by atoms with Crippen LogP contribution >= 0.6 is 0 Å². The fraction of sp³-hybridized carbons (Fsp3) is 0.757. The highest BCUT2D eigenvalue weighted by Gasteiger charge is 2.93. The number of anilines is 1. The molecule has 8 atom stereocenters. The van der Waals surface area contributed by atoms with E-state index in [0.717, 1.165) is 0 Å². The number of benzene rings is 1. The molecule has 0 aliphatic heterocycles. The number of hydrogen-bond donors (Lipinski definition) is 3. The first-order valence-corrected chi connectivity index (χ1v) is 23.1. The molecule has 1 aromatic carbocycles. The number of hydrogen-bond acceptors (Lipinski definition) is 11. The monoisotopic (exact) mass is 1750 g/mol. The predicted molar refractivity (Wildman–Crippen MR) is 202 cm³/mol. The third-order valence-corrected chi connectivity index (χ3v) is 11.3. The molecule has 0 bridgehead atoms. The number of alkyl halides is 58. The Morgan fingerprint density at radius 1 is 0.287 bits per heavy atom. The largest absolute Gasteiger partial charge is 0.488 e. The molecule has 0 radical (unpaired) electrons. The van der Waals surface area contributed by atoms with E-state index in [2.05, 4.69) is 6.58 Å². The van der Waals surface area contributed by atoms with Gasteiger partial charge in [-0.1, -0.05) is 12.6 Å². The highest BCUT2D eigenvalue weighted by molar-refractivity contribution is 6.58. The zero-order chi connectivity index (χ0) is 87.9. The first kappa shape index (κ1) is 100. The summed E-state index contributed by atoms with van der Waals surface area (Å²) in [6, 6.07) is -4.42. The molecule has 0 saturated heterocycles. The quantitative estimate of drug-likeness (QED) is 0.0401. The van der Waals surface area contributed by atoms with E-state index in [9.17, 15) is 208 Å². The summed E-state index contributed by atoms with van der Waals surface area (Å²) >= 11 is 0. The van der Waals surface area contributed by atoms with Crippen molar-refractivity contribution < 1.29 is 307 Å². The van der Waals surface area contributed by atoms with Gasteiger partial charge in [0.25, 0.3) is 0 Å². The molecule has 1 amide bonds. The van der Waals surface area contributed by atoms with Crippen molar-refractivity contribution in [2.24, 2.45) is 0 Å². The summed E-state index contributed by atoms with van der Waals surface area (Å²) in [5.74, 6) is -99.4. The summed E-state index contributed by atoms with van der Waals surface area (Å²) in [4.78, 5) is 12.2. The van der Waals surface area contributed by atoms with Gasteiger partial charge in [-0.25, -0.2) is 0 Å². The summed E-state index contributed by atoms with van der Waals surface area (Å²) in [5.41, 5.74) is -18.8. The van der Waals surface area contributed by atoms with Crippen molar-refractivity contribution in [3.8, 4) is 0 Å². The molecule has 0 spiro atoms. The van der Waals surface area contributed by atoms with Crippen molar-refractivity contribution >= 4 is 24.2 Å². The summed E-state index contributed by atoms with van der Waals surface area (Å²) in [6.45, 7) is 2.06. The second-order valence-corrected chi connectivity index (χ2v) is 18.9. The Morgan fingerprint density at radius 3 is 0.657 bits per heavy atom. The van der Waals surface area contributed by atoms with Crippen molar-refractivity contribution in [1.82, 2.24) is 0 Å². The Labute approximate surface area is 543 Å². The molecule has 0 heterocycles. The maximum absolute atomic E-state index is 17.0. The lowest BCUT2D eigenvalue weighted by Crippen LogP contribution is -2.72. The molecule has 8 unspecified atom stereocenters. The number of carbonyl (C=O) groups excluding carboxylic acids is 1. The van der Waals surface area contributed by atoms with Gasteiger partial charge in [-0.05, 0) is 17.6 Å². The second-order valence-electron chi connectivity index (χ2n) is 18.9. The predicted octanol–water partition coefficient (Wildman–Crippen LogP) is 17.5. The zero-order valence-corrected chi connectivity index (χ0v) is 46.5. The third-order valence-electron chi connectivity index (χ3n) is 11.3. The maximum Gasteiger partial charge on any atom is 0.488 e. The van der Waals surface area contributed by atoms with Gasteiger partial charge >= 0.3 is 176 Å². The van der Waals surface area contributed by atoms with Crippen LogP contribution in [-0.2, 0) is 54.4 Å². The van der Waals surface area contributed by atoms with Gasteiger partial charge in [-0.3, -0.25) is 42.7 Å². The first-order chi connectivity index (χ1) is 46.0. The average Bonchev–Trinajstić information content (AvgIpc) is 0.705. The smallest absolute Gasteiger partial charge is 0.423 e. The molecular weight excluding hydrogens is 1750 g/mol. The Hall–Kier alpha value is -5.97. The average molecular weight is 1760 g/mol. The van der Waals surface area contributed by atoms with Gasteiger partial charge in [0.2, 0.25) is 5.91 Å². The van der Waals surface area contributed by atoms with Gasteiger partial charge in [-0.2, -0.15) is 255 Å². The van der Waals surface area contributed by atoms with Gasteiger partial charge in [0.05, 0.1) is 11.3 Å². The molecule has 3 N–H and O–H groups in total. The summed E-state index contributed by atoms with van der Waals surface area (Å²) in [5, 5.41) is 18.7. The van der Waals surface area contributed by atoms with Crippen LogP contribution in [0.2, 0.25) is 0 Å². The van der Waals surface area contributed by atoms with Gasteiger partial charge in [0, 0.05) is 5.56 Å². The van der Waals surface area contributed by atoms with E-state index in [1.54, 1.807) is 0 Å². The van der Waals surface area contributed by atoms with Crippen molar-refractivity contribution in [2.45, 2.75) is 169 Å². The minimum atomic E-state index is -10.2. The van der Waals surface area contributed by atoms with E-state index in [1.165, 1.54) is 9.47 Å². The number of halogens is 58. The molecule has 1 aromatic rings. The fourth-order valence-electron chi connectivity index (χ4n) is 6.17. The van der Waals surface area contributed by atoms with Crippen LogP contribution in [0.1, 0.15) is 11.1 Å². The zero-order valence-electron chi connectivity index (χ0n) is 46.5. The molecule has 1 rings (SSSR count). The molecule has 108 heavy (non-hydrogen) atoms. The number of amides is 1. The number of rotatable bonds is 29. The molecule has 636 valence electrons. The van der Waals surface area contributed by atoms with E-state index in [4.69, 9.17) is 0 Å². The normalized spacial score (nSPS) is 19.9. The van der Waals surface area contributed by atoms with Crippen molar-refractivity contribution in [3.63, 3.8) is 0 Å². The molecule has 0 aliphatic carbocycles. The SMILES string of the molecule is C=CC(=O)Nc1cc(B(O)O)cc(C(F)(OC(F)(F)C(F)(OC(F)(F)C(F)(OC(F)(F)C(F)(OC(F)(F)C(F)(F)C(F)(F)F)C(F)(F)F)C(F)(F)F)C(F)(F)F)C(F)(F)F)c1C(F)(OC(F)(F)C(F)(OC(F)(F)C(F)(OC(F)(F)C(F)(OC(F)(F)C(F)(F)C(F)(F)F)C(F)(F)F)C(F)(F)F)C(F)(F)F)C(F)(F)F. The van der Waals surface area contributed by atoms with E-state index < -0.39 is 223 Å². The van der Waals surface area contributed by atoms with Crippen LogP contribution in [0.5, 0.6) is 0 Å². The lowest BCUT2D eigenvalue weighted by atomic mass is 9.76. The Balaban J connectivity index is 5.10. The molecule has 12 nitrogen and oxygen atoms in total. The second kappa shape index (κ2) is 27.4. The van der Waals surface area contributed by atoms with Gasteiger partial charge < -0.3 is 15.4 Å². The minimum Gasteiger partial charge on any atom is -0.423 e. The molecule has 0 aromatic heterocycles. The van der Waals surface area contributed by atoms with Crippen LogP contribution in [0.4, 0.5) is 260 Å². The summed E-state index contributed by atoms with van der Waals surface area (Å²) < 4.78 is 834.